The number of nitrogens with one attached hydrogen (secondary N) is 1. The van der Waals surface area contributed by atoms with Crippen molar-refractivity contribution in [2.45, 2.75) is 32.5 Å². The van der Waals surface area contributed by atoms with Crippen LogP contribution in [0.3, 0.4) is 0 Å². The fourth-order valence-electron chi connectivity index (χ4n) is 1.80. The minimum absolute atomic E-state index is 0.262. The minimum atomic E-state index is 0.262. The molecule has 1 heterocycles. The fourth-order valence-corrected chi connectivity index (χ4v) is 1.80. The Morgan fingerprint density at radius 1 is 1.55 bits per heavy atom. The zero-order valence-electron chi connectivity index (χ0n) is 7.00. The first kappa shape index (κ1) is 7.10. The van der Waals surface area contributed by atoms with E-state index in [0.29, 0.717) is 12.6 Å². The van der Waals surface area contributed by atoms with E-state index in [4.69, 9.17) is 0 Å². The van der Waals surface area contributed by atoms with Crippen LogP contribution in [0, 0.1) is 5.92 Å². The predicted molar refractivity (Wildman–Crippen MR) is 41.9 cm³/mol. The summed E-state index contributed by atoms with van der Waals surface area (Å²) in [6, 6.07) is 0.535. The van der Waals surface area contributed by atoms with Gasteiger partial charge in [0.15, 0.2) is 0 Å². The van der Waals surface area contributed by atoms with Crippen LogP contribution in [-0.4, -0.2) is 29.6 Å². The van der Waals surface area contributed by atoms with Crippen LogP contribution >= 0.6 is 0 Å². The van der Waals surface area contributed by atoms with E-state index in [-0.39, 0.29) is 12.1 Å². The van der Waals surface area contributed by atoms with Gasteiger partial charge in [0.05, 0.1) is 12.7 Å². The van der Waals surface area contributed by atoms with E-state index in [0.717, 1.165) is 5.92 Å². The van der Waals surface area contributed by atoms with Crippen LogP contribution in [0.5, 0.6) is 0 Å². The molecule has 2 aliphatic rings. The number of amides is 1. The third-order valence-corrected chi connectivity index (χ3v) is 2.68. The number of hydrogen-bond donors (Lipinski definition) is 1. The molecule has 0 aromatic rings. The van der Waals surface area contributed by atoms with Crippen molar-refractivity contribution < 1.29 is 4.79 Å². The lowest BCUT2D eigenvalue weighted by Gasteiger charge is -2.20. The van der Waals surface area contributed by atoms with Crippen LogP contribution in [-0.2, 0) is 4.79 Å². The van der Waals surface area contributed by atoms with Gasteiger partial charge in [0.1, 0.15) is 0 Å². The van der Waals surface area contributed by atoms with E-state index in [9.17, 15) is 4.79 Å². The van der Waals surface area contributed by atoms with Crippen molar-refractivity contribution in [1.82, 2.24) is 10.2 Å². The molecule has 2 fully saturated rings. The highest BCUT2D eigenvalue weighted by atomic mass is 16.2. The predicted octanol–water partition coefficient (Wildman–Crippen LogP) is 0.173. The topological polar surface area (TPSA) is 32.3 Å². The van der Waals surface area contributed by atoms with E-state index in [1.807, 2.05) is 4.90 Å². The van der Waals surface area contributed by atoms with Gasteiger partial charge in [-0.15, -0.1) is 0 Å². The molecule has 62 valence electrons. The van der Waals surface area contributed by atoms with Gasteiger partial charge in [0.25, 0.3) is 0 Å². The quantitative estimate of drug-likeness (QED) is 0.584. The molecule has 1 saturated heterocycles. The molecule has 0 aromatic heterocycles. The van der Waals surface area contributed by atoms with E-state index >= 15 is 0 Å². The number of nitrogens with zero attached hydrogens (tertiary/aromatic N) is 1. The Bertz CT molecular complexity index is 193. The van der Waals surface area contributed by atoms with Crippen LogP contribution in [0.15, 0.2) is 0 Å². The van der Waals surface area contributed by atoms with Crippen molar-refractivity contribution in [2.24, 2.45) is 5.92 Å². The number of carbonyl (C=O) groups excluding carboxylic acids is 1. The van der Waals surface area contributed by atoms with Gasteiger partial charge < -0.3 is 4.90 Å². The summed E-state index contributed by atoms with van der Waals surface area (Å²) in [6.07, 6.45) is 1.45. The molecule has 11 heavy (non-hydrogen) atoms. The molecule has 3 unspecified atom stereocenters. The Kier molecular flexibility index (Phi) is 1.42. The number of hydrogen-bond acceptors (Lipinski definition) is 2. The summed E-state index contributed by atoms with van der Waals surface area (Å²) >= 11 is 0. The smallest absolute Gasteiger partial charge is 0.238 e. The van der Waals surface area contributed by atoms with E-state index in [1.165, 1.54) is 6.42 Å². The summed E-state index contributed by atoms with van der Waals surface area (Å²) in [5.74, 6) is 0.994. The third-order valence-electron chi connectivity index (χ3n) is 2.68. The van der Waals surface area contributed by atoms with Gasteiger partial charge in [-0.1, -0.05) is 6.92 Å². The summed E-state index contributed by atoms with van der Waals surface area (Å²) in [5, 5.41) is 3.14. The molecule has 3 atom stereocenters. The van der Waals surface area contributed by atoms with E-state index in [2.05, 4.69) is 19.2 Å². The van der Waals surface area contributed by atoms with Crippen molar-refractivity contribution in [3.63, 3.8) is 0 Å². The van der Waals surface area contributed by atoms with Crippen molar-refractivity contribution in [2.75, 3.05) is 6.54 Å². The Hall–Kier alpha value is -0.570. The molecule has 1 saturated carbocycles. The Morgan fingerprint density at radius 2 is 2.18 bits per heavy atom. The molecule has 3 nitrogen and oxygen atoms in total. The fraction of sp³-hybridized carbons (Fsp3) is 0.875. The zero-order chi connectivity index (χ0) is 8.01. The van der Waals surface area contributed by atoms with Gasteiger partial charge in [-0.2, -0.15) is 0 Å². The monoisotopic (exact) mass is 154 g/mol. The number of rotatable bonds is 1. The maximum atomic E-state index is 11.3. The standard InChI is InChI=1S/C8H14N2O/c1-5-3-7(5)10-6(2)9-4-8(10)11/h5-7,9H,3-4H2,1-2H3. The first-order valence-electron chi connectivity index (χ1n) is 4.24. The maximum absolute atomic E-state index is 11.3. The molecule has 1 aliphatic heterocycles. The van der Waals surface area contributed by atoms with Gasteiger partial charge in [-0.25, -0.2) is 0 Å². The average molecular weight is 154 g/mol. The summed E-state index contributed by atoms with van der Waals surface area (Å²) in [6.45, 7) is 4.78. The summed E-state index contributed by atoms with van der Waals surface area (Å²) in [5.41, 5.74) is 0. The van der Waals surface area contributed by atoms with Crippen molar-refractivity contribution >= 4 is 5.91 Å². The first-order chi connectivity index (χ1) is 5.20. The van der Waals surface area contributed by atoms with Gasteiger partial charge >= 0.3 is 0 Å². The minimum Gasteiger partial charge on any atom is -0.323 e. The third kappa shape index (κ3) is 1.03. The highest BCUT2D eigenvalue weighted by molar-refractivity contribution is 5.81. The molecule has 1 aliphatic carbocycles. The SMILES string of the molecule is CC1CC1N1C(=O)CNC1C. The summed E-state index contributed by atoms with van der Waals surface area (Å²) < 4.78 is 0. The van der Waals surface area contributed by atoms with Crippen LogP contribution in [0.2, 0.25) is 0 Å². The second-order valence-corrected chi connectivity index (χ2v) is 3.64. The van der Waals surface area contributed by atoms with Crippen molar-refractivity contribution in [1.29, 1.82) is 0 Å². The maximum Gasteiger partial charge on any atom is 0.238 e. The summed E-state index contributed by atoms with van der Waals surface area (Å²) in [4.78, 5) is 13.3. The van der Waals surface area contributed by atoms with Gasteiger partial charge in [0, 0.05) is 6.04 Å². The zero-order valence-corrected chi connectivity index (χ0v) is 7.00. The highest BCUT2D eigenvalue weighted by Crippen LogP contribution is 2.36. The molecule has 0 bridgehead atoms. The molecule has 2 rings (SSSR count). The molecule has 0 radical (unpaired) electrons. The lowest BCUT2D eigenvalue weighted by Crippen LogP contribution is -2.37. The molecule has 0 aromatic carbocycles. The van der Waals surface area contributed by atoms with Gasteiger partial charge in [-0.3, -0.25) is 10.1 Å². The van der Waals surface area contributed by atoms with E-state index < -0.39 is 0 Å². The Labute approximate surface area is 66.8 Å². The van der Waals surface area contributed by atoms with Gasteiger partial charge in [-0.05, 0) is 19.3 Å². The molecule has 3 heteroatoms. The van der Waals surface area contributed by atoms with Gasteiger partial charge in [0.2, 0.25) is 5.91 Å². The second-order valence-electron chi connectivity index (χ2n) is 3.64. The Balaban J connectivity index is 2.05. The lowest BCUT2D eigenvalue weighted by atomic mass is 10.4. The van der Waals surface area contributed by atoms with Crippen LogP contribution in [0.4, 0.5) is 0 Å². The highest BCUT2D eigenvalue weighted by Gasteiger charge is 2.44. The van der Waals surface area contributed by atoms with Crippen LogP contribution in [0.25, 0.3) is 0 Å². The van der Waals surface area contributed by atoms with E-state index in [1.54, 1.807) is 0 Å². The van der Waals surface area contributed by atoms with Crippen LogP contribution in [0.1, 0.15) is 20.3 Å². The molecular formula is C8H14N2O. The Morgan fingerprint density at radius 3 is 2.55 bits per heavy atom. The molecule has 1 amide bonds. The normalized spacial score (nSPS) is 43.3. The second kappa shape index (κ2) is 2.21. The number of carbonyl (C=O) groups is 1. The van der Waals surface area contributed by atoms with Crippen molar-refractivity contribution in [3.05, 3.63) is 0 Å². The molecular weight excluding hydrogens is 140 g/mol. The van der Waals surface area contributed by atoms with Crippen molar-refractivity contribution in [3.8, 4) is 0 Å². The summed E-state index contributed by atoms with van der Waals surface area (Å²) in [7, 11) is 0. The lowest BCUT2D eigenvalue weighted by molar-refractivity contribution is -0.128. The average Bonchev–Trinajstić information content (AvgIpc) is 2.54. The van der Waals surface area contributed by atoms with Crippen LogP contribution < -0.4 is 5.32 Å². The molecule has 1 N–H and O–H groups in total. The molecule has 0 spiro atoms. The first-order valence-corrected chi connectivity index (χ1v) is 4.24. The largest absolute Gasteiger partial charge is 0.323 e.